The fourth-order valence-electron chi connectivity index (χ4n) is 2.25. The molecule has 0 aliphatic carbocycles. The van der Waals surface area contributed by atoms with Gasteiger partial charge in [-0.05, 0) is 36.2 Å². The largest absolute Gasteiger partial charge is 0.497 e. The predicted octanol–water partition coefficient (Wildman–Crippen LogP) is 3.37. The standard InChI is InChI=1S/C17H22N2O/c1-3-17(14-7-9-16(20-2)10-8-14)19-13-11-15-6-4-5-12-18-15/h4-10,12,17,19H,3,11,13H2,1-2H3. The van der Waals surface area contributed by atoms with E-state index in [1.54, 1.807) is 7.11 Å². The van der Waals surface area contributed by atoms with E-state index >= 15 is 0 Å². The van der Waals surface area contributed by atoms with Crippen LogP contribution in [0.15, 0.2) is 48.7 Å². The van der Waals surface area contributed by atoms with Crippen molar-refractivity contribution >= 4 is 0 Å². The summed E-state index contributed by atoms with van der Waals surface area (Å²) in [5.74, 6) is 0.900. The van der Waals surface area contributed by atoms with E-state index in [1.807, 2.05) is 30.5 Å². The molecule has 3 nitrogen and oxygen atoms in total. The average Bonchev–Trinajstić information content (AvgIpc) is 2.53. The number of nitrogens with one attached hydrogen (secondary N) is 1. The van der Waals surface area contributed by atoms with E-state index in [0.29, 0.717) is 6.04 Å². The Hall–Kier alpha value is -1.87. The summed E-state index contributed by atoms with van der Waals surface area (Å²) in [5.41, 5.74) is 2.43. The molecule has 20 heavy (non-hydrogen) atoms. The first kappa shape index (κ1) is 14.5. The Morgan fingerprint density at radius 2 is 1.95 bits per heavy atom. The van der Waals surface area contributed by atoms with Crippen molar-refractivity contribution in [2.75, 3.05) is 13.7 Å². The average molecular weight is 270 g/mol. The highest BCUT2D eigenvalue weighted by molar-refractivity contribution is 5.29. The van der Waals surface area contributed by atoms with Crippen LogP contribution >= 0.6 is 0 Å². The first-order valence-corrected chi connectivity index (χ1v) is 7.10. The van der Waals surface area contributed by atoms with Crippen LogP contribution in [0.5, 0.6) is 5.75 Å². The van der Waals surface area contributed by atoms with Crippen LogP contribution in [0, 0.1) is 0 Å². The predicted molar refractivity (Wildman–Crippen MR) is 82.0 cm³/mol. The molecule has 0 aliphatic rings. The fourth-order valence-corrected chi connectivity index (χ4v) is 2.25. The minimum Gasteiger partial charge on any atom is -0.497 e. The van der Waals surface area contributed by atoms with E-state index < -0.39 is 0 Å². The molecule has 1 heterocycles. The maximum absolute atomic E-state index is 5.19. The first-order valence-electron chi connectivity index (χ1n) is 7.10. The van der Waals surface area contributed by atoms with Crippen LogP contribution in [0.2, 0.25) is 0 Å². The van der Waals surface area contributed by atoms with Crippen LogP contribution < -0.4 is 10.1 Å². The van der Waals surface area contributed by atoms with Gasteiger partial charge in [0.05, 0.1) is 7.11 Å². The van der Waals surface area contributed by atoms with Crippen molar-refractivity contribution in [1.82, 2.24) is 10.3 Å². The summed E-state index contributed by atoms with van der Waals surface area (Å²) in [5, 5.41) is 3.59. The van der Waals surface area contributed by atoms with Crippen molar-refractivity contribution in [2.45, 2.75) is 25.8 Å². The Balaban J connectivity index is 1.88. The Morgan fingerprint density at radius 3 is 2.55 bits per heavy atom. The number of methoxy groups -OCH3 is 1. The molecule has 1 atom stereocenters. The second-order valence-electron chi connectivity index (χ2n) is 4.76. The Kier molecular flexibility index (Phi) is 5.56. The molecule has 1 aromatic heterocycles. The SMILES string of the molecule is CCC(NCCc1ccccn1)c1ccc(OC)cc1. The number of benzene rings is 1. The number of pyridine rings is 1. The van der Waals surface area contributed by atoms with E-state index in [0.717, 1.165) is 30.8 Å². The highest BCUT2D eigenvalue weighted by Gasteiger charge is 2.08. The van der Waals surface area contributed by atoms with Gasteiger partial charge in [-0.3, -0.25) is 4.98 Å². The molecule has 2 aromatic rings. The zero-order chi connectivity index (χ0) is 14.2. The Morgan fingerprint density at radius 1 is 1.15 bits per heavy atom. The highest BCUT2D eigenvalue weighted by atomic mass is 16.5. The summed E-state index contributed by atoms with van der Waals surface area (Å²) in [6.07, 6.45) is 3.86. The van der Waals surface area contributed by atoms with Gasteiger partial charge in [-0.1, -0.05) is 25.1 Å². The van der Waals surface area contributed by atoms with Gasteiger partial charge < -0.3 is 10.1 Å². The molecule has 106 valence electrons. The number of ether oxygens (including phenoxy) is 1. The molecule has 0 aliphatic heterocycles. The van der Waals surface area contributed by atoms with Gasteiger partial charge in [0.15, 0.2) is 0 Å². The molecule has 0 saturated heterocycles. The lowest BCUT2D eigenvalue weighted by Crippen LogP contribution is -2.23. The van der Waals surface area contributed by atoms with Crippen molar-refractivity contribution < 1.29 is 4.74 Å². The molecule has 0 saturated carbocycles. The maximum Gasteiger partial charge on any atom is 0.118 e. The summed E-state index contributed by atoms with van der Waals surface area (Å²) in [6.45, 7) is 3.13. The molecule has 0 spiro atoms. The van der Waals surface area contributed by atoms with Crippen molar-refractivity contribution in [3.8, 4) is 5.75 Å². The summed E-state index contributed by atoms with van der Waals surface area (Å²) >= 11 is 0. The minimum atomic E-state index is 0.379. The summed E-state index contributed by atoms with van der Waals surface area (Å²) in [6, 6.07) is 14.7. The van der Waals surface area contributed by atoms with Crippen LogP contribution in [0.1, 0.15) is 30.6 Å². The fraction of sp³-hybridized carbons (Fsp3) is 0.353. The third kappa shape index (κ3) is 4.07. The smallest absolute Gasteiger partial charge is 0.118 e. The van der Waals surface area contributed by atoms with E-state index in [4.69, 9.17) is 4.74 Å². The lowest BCUT2D eigenvalue weighted by atomic mass is 10.0. The molecule has 0 amide bonds. The molecule has 2 rings (SSSR count). The third-order valence-electron chi connectivity index (χ3n) is 3.42. The van der Waals surface area contributed by atoms with Gasteiger partial charge in [-0.2, -0.15) is 0 Å². The summed E-state index contributed by atoms with van der Waals surface area (Å²) in [7, 11) is 1.69. The second-order valence-corrected chi connectivity index (χ2v) is 4.76. The molecule has 1 aromatic carbocycles. The monoisotopic (exact) mass is 270 g/mol. The van der Waals surface area contributed by atoms with Crippen molar-refractivity contribution in [1.29, 1.82) is 0 Å². The molecule has 3 heteroatoms. The molecule has 0 fully saturated rings. The van der Waals surface area contributed by atoms with Gasteiger partial charge in [-0.25, -0.2) is 0 Å². The molecular formula is C17H22N2O. The highest BCUT2D eigenvalue weighted by Crippen LogP contribution is 2.19. The van der Waals surface area contributed by atoms with Gasteiger partial charge in [0, 0.05) is 30.9 Å². The van der Waals surface area contributed by atoms with Crippen LogP contribution in [0.25, 0.3) is 0 Å². The van der Waals surface area contributed by atoms with Crippen molar-refractivity contribution in [3.05, 3.63) is 59.9 Å². The van der Waals surface area contributed by atoms with Crippen LogP contribution in [0.4, 0.5) is 0 Å². The zero-order valence-corrected chi connectivity index (χ0v) is 12.2. The summed E-state index contributed by atoms with van der Waals surface area (Å²) < 4.78 is 5.19. The lowest BCUT2D eigenvalue weighted by molar-refractivity contribution is 0.414. The zero-order valence-electron chi connectivity index (χ0n) is 12.2. The van der Waals surface area contributed by atoms with Gasteiger partial charge in [-0.15, -0.1) is 0 Å². The van der Waals surface area contributed by atoms with E-state index in [9.17, 15) is 0 Å². The topological polar surface area (TPSA) is 34.2 Å². The van der Waals surface area contributed by atoms with Crippen LogP contribution in [-0.2, 0) is 6.42 Å². The van der Waals surface area contributed by atoms with E-state index in [1.165, 1.54) is 5.56 Å². The lowest BCUT2D eigenvalue weighted by Gasteiger charge is -2.17. The second kappa shape index (κ2) is 7.65. The molecular weight excluding hydrogens is 248 g/mol. The maximum atomic E-state index is 5.19. The molecule has 0 bridgehead atoms. The van der Waals surface area contributed by atoms with Crippen LogP contribution in [0.3, 0.4) is 0 Å². The number of hydrogen-bond donors (Lipinski definition) is 1. The minimum absolute atomic E-state index is 0.379. The molecule has 1 unspecified atom stereocenters. The number of nitrogens with zero attached hydrogens (tertiary/aromatic N) is 1. The molecule has 1 N–H and O–H groups in total. The Bertz CT molecular complexity index is 496. The molecule has 0 radical (unpaired) electrons. The van der Waals surface area contributed by atoms with Gasteiger partial charge in [0.25, 0.3) is 0 Å². The van der Waals surface area contributed by atoms with E-state index in [2.05, 4.69) is 35.4 Å². The third-order valence-corrected chi connectivity index (χ3v) is 3.42. The quantitative estimate of drug-likeness (QED) is 0.837. The van der Waals surface area contributed by atoms with Gasteiger partial charge in [0.1, 0.15) is 5.75 Å². The van der Waals surface area contributed by atoms with Gasteiger partial charge in [0.2, 0.25) is 0 Å². The summed E-state index contributed by atoms with van der Waals surface area (Å²) in [4.78, 5) is 4.34. The number of rotatable bonds is 7. The first-order chi connectivity index (χ1) is 9.83. The van der Waals surface area contributed by atoms with Crippen molar-refractivity contribution in [3.63, 3.8) is 0 Å². The van der Waals surface area contributed by atoms with Crippen molar-refractivity contribution in [2.24, 2.45) is 0 Å². The number of hydrogen-bond acceptors (Lipinski definition) is 3. The number of aromatic nitrogens is 1. The Labute approximate surface area is 121 Å². The normalized spacial score (nSPS) is 12.1. The van der Waals surface area contributed by atoms with Crippen LogP contribution in [-0.4, -0.2) is 18.6 Å². The van der Waals surface area contributed by atoms with E-state index in [-0.39, 0.29) is 0 Å². The van der Waals surface area contributed by atoms with Gasteiger partial charge >= 0.3 is 0 Å².